The first-order valence-corrected chi connectivity index (χ1v) is 10.2. The van der Waals surface area contributed by atoms with Crippen LogP contribution in [0.2, 0.25) is 5.02 Å². The Hall–Kier alpha value is -2.68. The molecule has 1 aromatic heterocycles. The number of benzene rings is 2. The zero-order chi connectivity index (χ0) is 20.8. The molecule has 29 heavy (non-hydrogen) atoms. The van der Waals surface area contributed by atoms with Crippen LogP contribution < -0.4 is 16.0 Å². The Morgan fingerprint density at radius 3 is 2.79 bits per heavy atom. The molecule has 2 aromatic carbocycles. The molecule has 152 valence electrons. The first-order chi connectivity index (χ1) is 13.9. The number of hydrogen-bond donors (Lipinski definition) is 3. The minimum atomic E-state index is -0.831. The number of carbonyl (C=O) groups is 2. The fourth-order valence-corrected chi connectivity index (χ4v) is 3.78. The van der Waals surface area contributed by atoms with Gasteiger partial charge in [-0.3, -0.25) is 15.4 Å². The lowest BCUT2D eigenvalue weighted by atomic mass is 10.2. The molecule has 0 aliphatic carbocycles. The fourth-order valence-electron chi connectivity index (χ4n) is 2.62. The number of ether oxygens (including phenoxy) is 1. The highest BCUT2D eigenvalue weighted by molar-refractivity contribution is 7.22. The van der Waals surface area contributed by atoms with Crippen molar-refractivity contribution >= 4 is 50.3 Å². The molecular formula is C20H21ClN4O3S. The summed E-state index contributed by atoms with van der Waals surface area (Å²) >= 11 is 7.51. The maximum absolute atomic E-state index is 12.4. The Morgan fingerprint density at radius 2 is 2.03 bits per heavy atom. The summed E-state index contributed by atoms with van der Waals surface area (Å²) in [6.45, 7) is 2.34. The molecular weight excluding hydrogens is 412 g/mol. The molecule has 0 saturated heterocycles. The molecule has 1 unspecified atom stereocenters. The molecule has 2 amide bonds. The Labute approximate surface area is 177 Å². The average Bonchev–Trinajstić information content (AvgIpc) is 3.08. The zero-order valence-electron chi connectivity index (χ0n) is 16.0. The third-order valence-corrected chi connectivity index (χ3v) is 5.43. The second-order valence-electron chi connectivity index (χ2n) is 6.36. The van der Waals surface area contributed by atoms with E-state index in [1.54, 1.807) is 6.07 Å². The van der Waals surface area contributed by atoms with Gasteiger partial charge in [-0.25, -0.2) is 9.78 Å². The number of aromatic nitrogens is 1. The molecule has 0 radical (unpaired) electrons. The van der Waals surface area contributed by atoms with Gasteiger partial charge in [0.05, 0.1) is 16.6 Å². The quantitative estimate of drug-likeness (QED) is 0.489. The van der Waals surface area contributed by atoms with E-state index in [0.717, 1.165) is 21.3 Å². The van der Waals surface area contributed by atoms with Gasteiger partial charge < -0.3 is 10.1 Å². The standard InChI is InChI=1S/C20H21ClN4O3S/c1-12-7-8-15-16(9-12)29-19(24-15)25-20(27)28-18(10-17(26)22-2)23-11-13-5-3-4-6-14(13)21/h3-9,18,23H,10-11H2,1-2H3,(H,22,26)(H,24,25,27). The van der Waals surface area contributed by atoms with E-state index >= 15 is 0 Å². The lowest BCUT2D eigenvalue weighted by molar-refractivity contribution is -0.122. The smallest absolute Gasteiger partial charge is 0.415 e. The molecule has 3 N–H and O–H groups in total. The van der Waals surface area contributed by atoms with E-state index in [4.69, 9.17) is 16.3 Å². The SMILES string of the molecule is CNC(=O)CC(NCc1ccccc1Cl)OC(=O)Nc1nc2ccc(C)cc2s1. The van der Waals surface area contributed by atoms with Crippen LogP contribution in [-0.2, 0) is 16.1 Å². The Morgan fingerprint density at radius 1 is 1.24 bits per heavy atom. The number of nitrogens with zero attached hydrogens (tertiary/aromatic N) is 1. The van der Waals surface area contributed by atoms with E-state index in [1.165, 1.54) is 18.4 Å². The number of anilines is 1. The summed E-state index contributed by atoms with van der Waals surface area (Å²) in [4.78, 5) is 28.5. The highest BCUT2D eigenvalue weighted by Crippen LogP contribution is 2.26. The molecule has 0 bridgehead atoms. The van der Waals surface area contributed by atoms with E-state index in [9.17, 15) is 9.59 Å². The number of nitrogens with one attached hydrogen (secondary N) is 3. The second-order valence-corrected chi connectivity index (χ2v) is 7.80. The van der Waals surface area contributed by atoms with Gasteiger partial charge in [0.1, 0.15) is 0 Å². The number of rotatable bonds is 7. The third-order valence-electron chi connectivity index (χ3n) is 4.13. The number of hydrogen-bond acceptors (Lipinski definition) is 6. The van der Waals surface area contributed by atoms with E-state index in [-0.39, 0.29) is 12.3 Å². The summed E-state index contributed by atoms with van der Waals surface area (Å²) in [7, 11) is 1.52. The predicted octanol–water partition coefficient (Wildman–Crippen LogP) is 4.06. The normalized spacial score (nSPS) is 11.8. The van der Waals surface area contributed by atoms with Crippen molar-refractivity contribution in [1.29, 1.82) is 0 Å². The van der Waals surface area contributed by atoms with Gasteiger partial charge in [-0.1, -0.05) is 47.2 Å². The van der Waals surface area contributed by atoms with Crippen LogP contribution in [0.4, 0.5) is 9.93 Å². The highest BCUT2D eigenvalue weighted by Gasteiger charge is 2.19. The van der Waals surface area contributed by atoms with E-state index in [0.29, 0.717) is 16.7 Å². The van der Waals surface area contributed by atoms with Crippen molar-refractivity contribution in [3.05, 3.63) is 58.6 Å². The molecule has 0 aliphatic rings. The van der Waals surface area contributed by atoms with Gasteiger partial charge in [0.2, 0.25) is 5.91 Å². The van der Waals surface area contributed by atoms with Crippen LogP contribution in [0, 0.1) is 6.92 Å². The zero-order valence-corrected chi connectivity index (χ0v) is 17.6. The maximum atomic E-state index is 12.4. The van der Waals surface area contributed by atoms with Gasteiger partial charge in [0, 0.05) is 18.6 Å². The lowest BCUT2D eigenvalue weighted by Gasteiger charge is -2.19. The second kappa shape index (κ2) is 9.69. The summed E-state index contributed by atoms with van der Waals surface area (Å²) in [5.41, 5.74) is 2.75. The van der Waals surface area contributed by atoms with E-state index in [1.807, 2.05) is 43.3 Å². The minimum absolute atomic E-state index is 0.0343. The average molecular weight is 433 g/mol. The van der Waals surface area contributed by atoms with Gasteiger partial charge >= 0.3 is 6.09 Å². The summed E-state index contributed by atoms with van der Waals surface area (Å²) < 4.78 is 6.38. The molecule has 0 fully saturated rings. The fraction of sp³-hybridized carbons (Fsp3) is 0.250. The van der Waals surface area contributed by atoms with Crippen molar-refractivity contribution in [3.63, 3.8) is 0 Å². The van der Waals surface area contributed by atoms with E-state index < -0.39 is 12.3 Å². The van der Waals surface area contributed by atoms with Crippen molar-refractivity contribution in [2.45, 2.75) is 26.1 Å². The van der Waals surface area contributed by atoms with Crippen LogP contribution in [0.25, 0.3) is 10.2 Å². The highest BCUT2D eigenvalue weighted by atomic mass is 35.5. The lowest BCUT2D eigenvalue weighted by Crippen LogP contribution is -2.39. The van der Waals surface area contributed by atoms with Crippen molar-refractivity contribution in [2.24, 2.45) is 0 Å². The molecule has 0 spiro atoms. The largest absolute Gasteiger partial charge is 0.430 e. The first-order valence-electron chi connectivity index (χ1n) is 8.97. The Bertz CT molecular complexity index is 1020. The first kappa shape index (κ1) is 21.0. The number of fused-ring (bicyclic) bond motifs is 1. The van der Waals surface area contributed by atoms with Gasteiger partial charge in [0.25, 0.3) is 0 Å². The molecule has 7 nitrogen and oxygen atoms in total. The van der Waals surface area contributed by atoms with Crippen LogP contribution in [0.5, 0.6) is 0 Å². The van der Waals surface area contributed by atoms with Crippen molar-refractivity contribution in [2.75, 3.05) is 12.4 Å². The van der Waals surface area contributed by atoms with Crippen LogP contribution in [0.3, 0.4) is 0 Å². The van der Waals surface area contributed by atoms with Gasteiger partial charge in [0.15, 0.2) is 11.4 Å². The molecule has 1 atom stereocenters. The summed E-state index contributed by atoms with van der Waals surface area (Å²) in [6, 6.07) is 13.2. The van der Waals surface area contributed by atoms with Crippen LogP contribution in [-0.4, -0.2) is 30.3 Å². The molecule has 9 heteroatoms. The van der Waals surface area contributed by atoms with Gasteiger partial charge in [-0.05, 0) is 36.2 Å². The van der Waals surface area contributed by atoms with E-state index in [2.05, 4.69) is 20.9 Å². The Balaban J connectivity index is 1.64. The summed E-state index contributed by atoms with van der Waals surface area (Å²) in [6.07, 6.45) is -1.56. The van der Waals surface area contributed by atoms with Gasteiger partial charge in [-0.2, -0.15) is 0 Å². The molecule has 1 heterocycles. The van der Waals surface area contributed by atoms with Crippen molar-refractivity contribution in [3.8, 4) is 0 Å². The predicted molar refractivity (Wildman–Crippen MR) is 115 cm³/mol. The van der Waals surface area contributed by atoms with Crippen molar-refractivity contribution in [1.82, 2.24) is 15.6 Å². The molecule has 0 saturated carbocycles. The molecule has 3 rings (SSSR count). The minimum Gasteiger partial charge on any atom is -0.430 e. The molecule has 3 aromatic rings. The van der Waals surface area contributed by atoms with Gasteiger partial charge in [-0.15, -0.1) is 0 Å². The molecule has 0 aliphatic heterocycles. The van der Waals surface area contributed by atoms with Crippen LogP contribution >= 0.6 is 22.9 Å². The summed E-state index contributed by atoms with van der Waals surface area (Å²) in [5.74, 6) is -0.259. The Kier molecular flexibility index (Phi) is 7.03. The van der Waals surface area contributed by atoms with Crippen LogP contribution in [0.15, 0.2) is 42.5 Å². The topological polar surface area (TPSA) is 92.4 Å². The third kappa shape index (κ3) is 5.90. The van der Waals surface area contributed by atoms with Crippen LogP contribution in [0.1, 0.15) is 17.5 Å². The number of carbonyl (C=O) groups excluding carboxylic acids is 2. The number of aryl methyl sites for hydroxylation is 1. The number of halogens is 1. The number of amides is 2. The van der Waals surface area contributed by atoms with Crippen molar-refractivity contribution < 1.29 is 14.3 Å². The maximum Gasteiger partial charge on any atom is 0.415 e. The summed E-state index contributed by atoms with van der Waals surface area (Å²) in [5, 5.41) is 9.22. The number of thiazole rings is 1. The monoisotopic (exact) mass is 432 g/mol.